The predicted molar refractivity (Wildman–Crippen MR) is 248 cm³/mol. The van der Waals surface area contributed by atoms with Crippen LogP contribution in [0.25, 0.3) is 21.8 Å². The molecule has 18 heteroatoms. The van der Waals surface area contributed by atoms with E-state index in [0.717, 1.165) is 62.0 Å². The zero-order valence-corrected chi connectivity index (χ0v) is 38.2. The number of rotatable bonds is 13. The van der Waals surface area contributed by atoms with Crippen molar-refractivity contribution in [2.45, 2.75) is 71.1 Å². The number of aromatic nitrogens is 4. The van der Waals surface area contributed by atoms with Gasteiger partial charge < -0.3 is 15.1 Å². The maximum atomic E-state index is 16.1. The molecule has 6 heterocycles. The van der Waals surface area contributed by atoms with E-state index in [4.69, 9.17) is 9.97 Å². The van der Waals surface area contributed by atoms with E-state index in [1.807, 2.05) is 39.0 Å². The lowest BCUT2D eigenvalue weighted by molar-refractivity contribution is -0.134. The number of piperazine rings is 1. The maximum Gasteiger partial charge on any atom is 0.234 e. The van der Waals surface area contributed by atoms with Gasteiger partial charge in [-0.2, -0.15) is 0 Å². The summed E-state index contributed by atoms with van der Waals surface area (Å²) in [4.78, 5) is 49.9. The highest BCUT2D eigenvalue weighted by Gasteiger charge is 2.30. The van der Waals surface area contributed by atoms with Crippen LogP contribution in [-0.2, 0) is 25.0 Å². The number of hydrogen-bond donors (Lipinski definition) is 3. The number of halogens is 2. The minimum atomic E-state index is -3.74. The van der Waals surface area contributed by atoms with Gasteiger partial charge in [0.15, 0.2) is 5.82 Å². The zero-order valence-electron chi connectivity index (χ0n) is 36.5. The number of amides is 2. The number of anilines is 5. The van der Waals surface area contributed by atoms with Crippen molar-refractivity contribution in [2.24, 2.45) is 5.92 Å². The Morgan fingerprint density at radius 3 is 2.38 bits per heavy atom. The van der Waals surface area contributed by atoms with Crippen molar-refractivity contribution >= 4 is 62.0 Å². The van der Waals surface area contributed by atoms with Gasteiger partial charge in [-0.1, -0.05) is 39.8 Å². The van der Waals surface area contributed by atoms with E-state index in [-0.39, 0.29) is 51.9 Å². The quantitative estimate of drug-likeness (QED) is 0.0988. The summed E-state index contributed by atoms with van der Waals surface area (Å²) in [5, 5.41) is 6.30. The van der Waals surface area contributed by atoms with Crippen LogP contribution in [0.15, 0.2) is 67.0 Å². The third-order valence-corrected chi connectivity index (χ3v) is 14.9. The summed E-state index contributed by atoms with van der Waals surface area (Å²) in [5.74, 6) is -0.349. The van der Waals surface area contributed by atoms with E-state index in [2.05, 4.69) is 40.0 Å². The molecule has 2 aromatic carbocycles. The molecule has 64 heavy (non-hydrogen) atoms. The Morgan fingerprint density at radius 2 is 1.69 bits per heavy atom. The normalized spacial score (nSPS) is 18.0. The van der Waals surface area contributed by atoms with E-state index >= 15 is 8.78 Å². The third-order valence-electron chi connectivity index (χ3n) is 11.9. The van der Waals surface area contributed by atoms with E-state index in [1.165, 1.54) is 23.5 Å². The summed E-state index contributed by atoms with van der Waals surface area (Å²) in [7, 11) is -3.74. The molecule has 8 rings (SSSR count). The molecule has 0 spiro atoms. The lowest BCUT2D eigenvalue weighted by atomic mass is 9.91. The van der Waals surface area contributed by atoms with Crippen molar-refractivity contribution in [3.63, 3.8) is 0 Å². The Labute approximate surface area is 377 Å². The van der Waals surface area contributed by atoms with Crippen molar-refractivity contribution in [1.29, 1.82) is 0 Å². The van der Waals surface area contributed by atoms with Gasteiger partial charge in [-0.05, 0) is 79.6 Å². The van der Waals surface area contributed by atoms with Gasteiger partial charge in [-0.15, -0.1) is 11.3 Å². The molecular formula is C46H54F2N10O4S2. The zero-order chi connectivity index (χ0) is 45.2. The summed E-state index contributed by atoms with van der Waals surface area (Å²) >= 11 is 1.37. The van der Waals surface area contributed by atoms with Crippen molar-refractivity contribution in [3.8, 4) is 21.8 Å². The molecule has 0 bridgehead atoms. The summed E-state index contributed by atoms with van der Waals surface area (Å²) in [6.07, 6.45) is 6.68. The number of nitrogens with zero attached hydrogens (tertiary/aromatic N) is 7. The van der Waals surface area contributed by atoms with Crippen molar-refractivity contribution in [3.05, 3.63) is 89.2 Å². The topological polar surface area (TPSA) is 166 Å². The molecule has 0 saturated carbocycles. The molecule has 1 atom stereocenters. The van der Waals surface area contributed by atoms with Crippen LogP contribution >= 0.6 is 11.3 Å². The van der Waals surface area contributed by atoms with Gasteiger partial charge >= 0.3 is 0 Å². The molecule has 3 N–H and O–H groups in total. The lowest BCUT2D eigenvalue weighted by Gasteiger charge is -2.40. The minimum Gasteiger partial charge on any atom is -0.367 e. The molecule has 3 saturated heterocycles. The molecule has 338 valence electrons. The highest BCUT2D eigenvalue weighted by Crippen LogP contribution is 2.42. The summed E-state index contributed by atoms with van der Waals surface area (Å²) < 4.78 is 59.3. The van der Waals surface area contributed by atoms with E-state index in [1.54, 1.807) is 43.6 Å². The molecule has 5 aromatic rings. The van der Waals surface area contributed by atoms with Gasteiger partial charge in [0, 0.05) is 81.3 Å². The van der Waals surface area contributed by atoms with Gasteiger partial charge in [0.2, 0.25) is 27.8 Å². The molecule has 3 aliphatic heterocycles. The Kier molecular flexibility index (Phi) is 13.3. The number of benzene rings is 2. The minimum absolute atomic E-state index is 0.134. The lowest BCUT2D eigenvalue weighted by Crippen LogP contribution is -2.49. The first kappa shape index (κ1) is 45.0. The van der Waals surface area contributed by atoms with Crippen LogP contribution in [0.2, 0.25) is 0 Å². The van der Waals surface area contributed by atoms with Crippen LogP contribution < -0.4 is 25.2 Å². The molecule has 0 aliphatic carbocycles. The van der Waals surface area contributed by atoms with Crippen LogP contribution in [0.5, 0.6) is 0 Å². The fraction of sp³-hybridized carbons (Fsp3) is 0.435. The Bertz CT molecular complexity index is 2610. The van der Waals surface area contributed by atoms with Crippen LogP contribution in [0, 0.1) is 17.6 Å². The Balaban J connectivity index is 0.869. The molecule has 3 aliphatic rings. The van der Waals surface area contributed by atoms with Crippen LogP contribution in [0.4, 0.5) is 37.6 Å². The summed E-state index contributed by atoms with van der Waals surface area (Å²) in [6, 6.07) is 15.2. The van der Waals surface area contributed by atoms with Gasteiger partial charge in [-0.25, -0.2) is 37.1 Å². The number of imide groups is 1. The average molecular weight is 913 g/mol. The monoisotopic (exact) mass is 912 g/mol. The molecular weight excluding hydrogens is 859 g/mol. The highest BCUT2D eigenvalue weighted by atomic mass is 32.2. The SMILES string of the molecule is CCCS(=O)(=O)Nc1cccc(-c2nc(C(C)(C)C)sc2-c2ccnc(Nc3ccc(N4CCN(CC5CCN(c6ccc([C@@H]7CCC(=O)NC7=O)cn6)CC5)CC4)c(F)c3)n2)c1F. The second kappa shape index (κ2) is 18.9. The van der Waals surface area contributed by atoms with E-state index in [0.29, 0.717) is 65.9 Å². The number of piperidine rings is 2. The molecule has 0 radical (unpaired) electrons. The number of thiazole rings is 1. The Hall–Kier alpha value is -5.59. The molecule has 3 fully saturated rings. The Morgan fingerprint density at radius 1 is 0.906 bits per heavy atom. The van der Waals surface area contributed by atoms with Gasteiger partial charge in [0.05, 0.1) is 44.3 Å². The van der Waals surface area contributed by atoms with Crippen molar-refractivity contribution in [1.82, 2.24) is 30.2 Å². The van der Waals surface area contributed by atoms with E-state index < -0.39 is 15.8 Å². The summed E-state index contributed by atoms with van der Waals surface area (Å²) in [6.45, 7) is 13.7. The van der Waals surface area contributed by atoms with Crippen LogP contribution in [-0.4, -0.2) is 96.6 Å². The predicted octanol–water partition coefficient (Wildman–Crippen LogP) is 7.69. The van der Waals surface area contributed by atoms with Gasteiger partial charge in [0.1, 0.15) is 11.6 Å². The maximum absolute atomic E-state index is 16.1. The standard InChI is InChI=1S/C46H54F2N10O4S2/c1-5-25-64(61,62)55-35-8-6-7-33(40(35)48)41-42(63-44(54-41)46(2,3)4)36-15-18-49-45(52-36)51-31-10-12-37(34(47)26-31)57-23-21-56(22-24-57)28-29-16-19-58(20-17-29)38-13-9-30(27-50-38)32-11-14-39(59)53-43(32)60/h6-10,12-13,15,18,26-27,29,32,55H,5,11,14,16-17,19-25,28H2,1-4H3,(H,49,51,52)(H,53,59,60)/t32-/m0/s1. The molecule has 2 amide bonds. The smallest absolute Gasteiger partial charge is 0.234 e. The fourth-order valence-electron chi connectivity index (χ4n) is 8.48. The average Bonchev–Trinajstić information content (AvgIpc) is 3.72. The highest BCUT2D eigenvalue weighted by molar-refractivity contribution is 7.92. The summed E-state index contributed by atoms with van der Waals surface area (Å²) in [5.41, 5.74) is 2.27. The third kappa shape index (κ3) is 10.3. The van der Waals surface area contributed by atoms with Gasteiger partial charge in [0.25, 0.3) is 0 Å². The molecule has 0 unspecified atom stereocenters. The number of carbonyl (C=O) groups is 2. The largest absolute Gasteiger partial charge is 0.367 e. The molecule has 14 nitrogen and oxygen atoms in total. The van der Waals surface area contributed by atoms with E-state index in [9.17, 15) is 18.0 Å². The molecule has 3 aromatic heterocycles. The fourth-order valence-corrected chi connectivity index (χ4v) is 10.7. The number of carbonyl (C=O) groups excluding carboxylic acids is 2. The van der Waals surface area contributed by atoms with Crippen LogP contribution in [0.3, 0.4) is 0 Å². The number of pyridine rings is 1. The van der Waals surface area contributed by atoms with Crippen molar-refractivity contribution < 1.29 is 26.8 Å². The number of nitrogens with one attached hydrogen (secondary N) is 3. The second-order valence-electron chi connectivity index (χ2n) is 17.8. The van der Waals surface area contributed by atoms with Gasteiger partial charge in [-0.3, -0.25) is 24.5 Å². The number of sulfonamides is 1. The second-order valence-corrected chi connectivity index (χ2v) is 20.6. The first-order valence-corrected chi connectivity index (χ1v) is 24.3. The first-order valence-electron chi connectivity index (χ1n) is 21.9. The van der Waals surface area contributed by atoms with Crippen LogP contribution in [0.1, 0.15) is 76.3 Å². The first-order chi connectivity index (χ1) is 30.6. The van der Waals surface area contributed by atoms with Crippen molar-refractivity contribution in [2.75, 3.05) is 71.4 Å². The number of hydrogen-bond acceptors (Lipinski definition) is 13.